The quantitative estimate of drug-likeness (QED) is 0.301. The molecule has 6 nitrogen and oxygen atoms in total. The summed E-state index contributed by atoms with van der Waals surface area (Å²) in [5, 5.41) is 33.4. The first-order valence-corrected chi connectivity index (χ1v) is 9.12. The number of hydrogen-bond donors (Lipinski definition) is 4. The standard InChI is InChI=1S/C12H26O2.2C4H6O2/c1-12(14)10-8-6-4-2-3-5-7-9-11-13;2*1-3(2)4(5)6/h12-14H,2-11H2,1H3;2*1H2,2H3,(H,5,6). The number of aliphatic hydroxyl groups is 2. The van der Waals surface area contributed by atoms with Gasteiger partial charge >= 0.3 is 11.9 Å². The summed E-state index contributed by atoms with van der Waals surface area (Å²) in [6.07, 6.45) is 10.5. The summed E-state index contributed by atoms with van der Waals surface area (Å²) < 4.78 is 0. The van der Waals surface area contributed by atoms with E-state index in [2.05, 4.69) is 13.2 Å². The Morgan fingerprint density at radius 1 is 0.769 bits per heavy atom. The van der Waals surface area contributed by atoms with Crippen LogP contribution in [0.2, 0.25) is 0 Å². The van der Waals surface area contributed by atoms with Crippen molar-refractivity contribution in [3.63, 3.8) is 0 Å². The fourth-order valence-corrected chi connectivity index (χ4v) is 1.61. The second-order valence-electron chi connectivity index (χ2n) is 6.36. The number of carboxylic acids is 2. The van der Waals surface area contributed by atoms with Crippen molar-refractivity contribution in [3.05, 3.63) is 24.3 Å². The van der Waals surface area contributed by atoms with Crippen LogP contribution in [0.25, 0.3) is 0 Å². The molecule has 0 aliphatic carbocycles. The van der Waals surface area contributed by atoms with Gasteiger partial charge in [0, 0.05) is 17.8 Å². The second kappa shape index (κ2) is 21.4. The predicted octanol–water partition coefficient (Wildman–Crippen LogP) is 4.16. The molecule has 0 saturated carbocycles. The monoisotopic (exact) mass is 374 g/mol. The Kier molecular flexibility index (Phi) is 23.9. The molecule has 0 aliphatic heterocycles. The summed E-state index contributed by atoms with van der Waals surface area (Å²) in [6.45, 7) is 11.4. The van der Waals surface area contributed by atoms with Crippen molar-refractivity contribution in [3.8, 4) is 0 Å². The van der Waals surface area contributed by atoms with Gasteiger partial charge < -0.3 is 20.4 Å². The highest BCUT2D eigenvalue weighted by Crippen LogP contribution is 2.10. The number of hydrogen-bond acceptors (Lipinski definition) is 4. The first-order valence-electron chi connectivity index (χ1n) is 9.12. The molecule has 0 aromatic rings. The van der Waals surface area contributed by atoms with Gasteiger partial charge in [0.1, 0.15) is 0 Å². The number of aliphatic carboxylic acids is 2. The average Bonchev–Trinajstić information content (AvgIpc) is 2.54. The van der Waals surface area contributed by atoms with Crippen molar-refractivity contribution in [1.82, 2.24) is 0 Å². The summed E-state index contributed by atoms with van der Waals surface area (Å²) >= 11 is 0. The minimum atomic E-state index is -0.935. The molecule has 1 unspecified atom stereocenters. The van der Waals surface area contributed by atoms with Gasteiger partial charge in [0.2, 0.25) is 0 Å². The third kappa shape index (κ3) is 33.8. The van der Waals surface area contributed by atoms with Crippen LogP contribution in [0.3, 0.4) is 0 Å². The maximum Gasteiger partial charge on any atom is 0.330 e. The maximum atomic E-state index is 9.60. The van der Waals surface area contributed by atoms with Gasteiger partial charge in [-0.05, 0) is 33.6 Å². The highest BCUT2D eigenvalue weighted by atomic mass is 16.4. The minimum absolute atomic E-state index is 0.125. The molecule has 0 fully saturated rings. The number of aliphatic hydroxyl groups excluding tert-OH is 2. The molecule has 0 radical (unpaired) electrons. The summed E-state index contributed by atoms with van der Waals surface area (Å²) in [7, 11) is 0. The molecule has 1 atom stereocenters. The van der Waals surface area contributed by atoms with Crippen LogP contribution in [0.5, 0.6) is 0 Å². The molecular formula is C20H38O6. The van der Waals surface area contributed by atoms with Crippen LogP contribution in [0.1, 0.15) is 78.6 Å². The topological polar surface area (TPSA) is 115 Å². The lowest BCUT2D eigenvalue weighted by atomic mass is 10.1. The van der Waals surface area contributed by atoms with Gasteiger partial charge in [0.25, 0.3) is 0 Å². The highest BCUT2D eigenvalue weighted by molar-refractivity contribution is 5.85. The molecule has 0 aromatic heterocycles. The van der Waals surface area contributed by atoms with Crippen molar-refractivity contribution in [2.24, 2.45) is 0 Å². The molecule has 0 spiro atoms. The molecule has 6 heteroatoms. The Bertz CT molecular complexity index is 340. The van der Waals surface area contributed by atoms with E-state index in [9.17, 15) is 9.59 Å². The van der Waals surface area contributed by atoms with Gasteiger partial charge in [-0.25, -0.2) is 9.59 Å². The Morgan fingerprint density at radius 3 is 1.27 bits per heavy atom. The van der Waals surface area contributed by atoms with E-state index in [0.29, 0.717) is 6.61 Å². The first-order chi connectivity index (χ1) is 12.1. The van der Waals surface area contributed by atoms with Crippen molar-refractivity contribution >= 4 is 11.9 Å². The molecule has 0 amide bonds. The third-order valence-electron chi connectivity index (χ3n) is 3.26. The van der Waals surface area contributed by atoms with Gasteiger partial charge in [0.15, 0.2) is 0 Å². The van der Waals surface area contributed by atoms with Gasteiger partial charge in [-0.1, -0.05) is 58.1 Å². The molecule has 0 rings (SSSR count). The first kappa shape index (κ1) is 29.1. The SMILES string of the molecule is C=C(C)C(=O)O.C=C(C)C(=O)O.CC(O)CCCCCCCCCCO. The summed E-state index contributed by atoms with van der Waals surface area (Å²) in [6, 6.07) is 0. The zero-order valence-corrected chi connectivity index (χ0v) is 16.7. The Balaban J connectivity index is -0.000000364. The van der Waals surface area contributed by atoms with Gasteiger partial charge in [-0.3, -0.25) is 0 Å². The van der Waals surface area contributed by atoms with E-state index in [-0.39, 0.29) is 17.3 Å². The zero-order valence-electron chi connectivity index (χ0n) is 16.7. The maximum absolute atomic E-state index is 9.60. The van der Waals surface area contributed by atoms with Crippen LogP contribution >= 0.6 is 0 Å². The lowest BCUT2D eigenvalue weighted by Crippen LogP contribution is -1.98. The zero-order chi connectivity index (χ0) is 21.0. The third-order valence-corrected chi connectivity index (χ3v) is 3.26. The van der Waals surface area contributed by atoms with Crippen LogP contribution in [0.4, 0.5) is 0 Å². The molecule has 0 saturated heterocycles. The van der Waals surface area contributed by atoms with Crippen LogP contribution < -0.4 is 0 Å². The van der Waals surface area contributed by atoms with Gasteiger partial charge in [-0.2, -0.15) is 0 Å². The smallest absolute Gasteiger partial charge is 0.330 e. The van der Waals surface area contributed by atoms with E-state index in [1.807, 2.05) is 6.92 Å². The molecule has 4 N–H and O–H groups in total. The Morgan fingerprint density at radius 2 is 1.04 bits per heavy atom. The van der Waals surface area contributed by atoms with Crippen LogP contribution in [-0.2, 0) is 9.59 Å². The normalized spacial score (nSPS) is 10.5. The van der Waals surface area contributed by atoms with Crippen LogP contribution in [-0.4, -0.2) is 45.1 Å². The molecular weight excluding hydrogens is 336 g/mol. The minimum Gasteiger partial charge on any atom is -0.478 e. The second-order valence-corrected chi connectivity index (χ2v) is 6.36. The van der Waals surface area contributed by atoms with Crippen molar-refractivity contribution in [1.29, 1.82) is 0 Å². The van der Waals surface area contributed by atoms with Crippen LogP contribution in [0, 0.1) is 0 Å². The van der Waals surface area contributed by atoms with E-state index in [0.717, 1.165) is 19.3 Å². The molecule has 0 aliphatic rings. The molecule has 0 aromatic carbocycles. The molecule has 0 heterocycles. The fourth-order valence-electron chi connectivity index (χ4n) is 1.61. The summed E-state index contributed by atoms with van der Waals surface area (Å²) in [5.74, 6) is -1.87. The molecule has 154 valence electrons. The van der Waals surface area contributed by atoms with Crippen molar-refractivity contribution in [2.45, 2.75) is 84.7 Å². The summed E-state index contributed by atoms with van der Waals surface area (Å²) in [5.41, 5.74) is 0.352. The van der Waals surface area contributed by atoms with E-state index in [1.54, 1.807) is 0 Å². The van der Waals surface area contributed by atoms with E-state index in [4.69, 9.17) is 20.4 Å². The average molecular weight is 375 g/mol. The number of unbranched alkanes of at least 4 members (excludes halogenated alkanes) is 7. The Labute approximate surface area is 158 Å². The number of rotatable bonds is 12. The van der Waals surface area contributed by atoms with Gasteiger partial charge in [-0.15, -0.1) is 0 Å². The lowest BCUT2D eigenvalue weighted by molar-refractivity contribution is -0.133. The van der Waals surface area contributed by atoms with Crippen LogP contribution in [0.15, 0.2) is 24.3 Å². The van der Waals surface area contributed by atoms with E-state index >= 15 is 0 Å². The summed E-state index contributed by atoms with van der Waals surface area (Å²) in [4.78, 5) is 19.2. The van der Waals surface area contributed by atoms with Crippen molar-refractivity contribution < 1.29 is 30.0 Å². The lowest BCUT2D eigenvalue weighted by Gasteiger charge is -2.03. The molecule has 0 bridgehead atoms. The van der Waals surface area contributed by atoms with Gasteiger partial charge in [0.05, 0.1) is 6.10 Å². The largest absolute Gasteiger partial charge is 0.478 e. The van der Waals surface area contributed by atoms with E-state index in [1.165, 1.54) is 52.4 Å². The highest BCUT2D eigenvalue weighted by Gasteiger charge is 1.95. The number of carbonyl (C=O) groups is 2. The Hall–Kier alpha value is -1.66. The number of carboxylic acid groups (broad SMARTS) is 2. The fraction of sp³-hybridized carbons (Fsp3) is 0.700. The predicted molar refractivity (Wildman–Crippen MR) is 105 cm³/mol. The molecule has 26 heavy (non-hydrogen) atoms. The van der Waals surface area contributed by atoms with E-state index < -0.39 is 11.9 Å². The van der Waals surface area contributed by atoms with Crippen molar-refractivity contribution in [2.75, 3.05) is 6.61 Å².